The summed E-state index contributed by atoms with van der Waals surface area (Å²) in [5.74, 6) is 1.76. The molecule has 0 saturated heterocycles. The van der Waals surface area contributed by atoms with Crippen molar-refractivity contribution in [2.75, 3.05) is 18.6 Å². The summed E-state index contributed by atoms with van der Waals surface area (Å²) in [6, 6.07) is 3.44. The molecule has 2 amide bonds. The van der Waals surface area contributed by atoms with Gasteiger partial charge in [0.2, 0.25) is 5.91 Å². The molecule has 0 unspecified atom stereocenters. The van der Waals surface area contributed by atoms with Gasteiger partial charge in [0.1, 0.15) is 17.3 Å². The SMILES string of the molecule is CSCC(=O)N1CCn2cc(C(=O)NCc3ccco3)nc2[C@@H]1C. The normalized spacial score (nSPS) is 16.8. The lowest BCUT2D eigenvalue weighted by Gasteiger charge is -2.33. The van der Waals surface area contributed by atoms with Crippen molar-refractivity contribution in [3.8, 4) is 0 Å². The fraction of sp³-hybridized carbons (Fsp3) is 0.438. The second-order valence-corrected chi connectivity index (χ2v) is 6.50. The van der Waals surface area contributed by atoms with E-state index in [4.69, 9.17) is 4.42 Å². The molecule has 0 fully saturated rings. The van der Waals surface area contributed by atoms with Crippen molar-refractivity contribution in [3.63, 3.8) is 0 Å². The van der Waals surface area contributed by atoms with Crippen molar-refractivity contribution in [1.82, 2.24) is 19.8 Å². The third-order valence-corrected chi connectivity index (χ3v) is 4.59. The highest BCUT2D eigenvalue weighted by atomic mass is 32.2. The fourth-order valence-electron chi connectivity index (χ4n) is 2.82. The minimum absolute atomic E-state index is 0.105. The van der Waals surface area contributed by atoms with E-state index < -0.39 is 0 Å². The van der Waals surface area contributed by atoms with Crippen LogP contribution < -0.4 is 5.32 Å². The van der Waals surface area contributed by atoms with Gasteiger partial charge in [-0.2, -0.15) is 11.8 Å². The number of hydrogen-bond acceptors (Lipinski definition) is 5. The number of carbonyl (C=O) groups is 2. The zero-order valence-corrected chi connectivity index (χ0v) is 14.5. The van der Waals surface area contributed by atoms with E-state index in [0.29, 0.717) is 36.8 Å². The van der Waals surface area contributed by atoms with Crippen LogP contribution in [0, 0.1) is 0 Å². The number of aromatic nitrogens is 2. The van der Waals surface area contributed by atoms with Gasteiger partial charge >= 0.3 is 0 Å². The number of hydrogen-bond donors (Lipinski definition) is 1. The minimum atomic E-state index is -0.248. The Kier molecular flexibility index (Phi) is 4.94. The number of carbonyl (C=O) groups excluding carboxylic acids is 2. The molecule has 1 aliphatic rings. The second-order valence-electron chi connectivity index (χ2n) is 5.64. The molecule has 0 spiro atoms. The Hall–Kier alpha value is -2.22. The molecule has 0 saturated carbocycles. The van der Waals surface area contributed by atoms with Crippen molar-refractivity contribution >= 4 is 23.6 Å². The number of fused-ring (bicyclic) bond motifs is 1. The molecule has 1 N–H and O–H groups in total. The minimum Gasteiger partial charge on any atom is -0.467 e. The molecule has 24 heavy (non-hydrogen) atoms. The third kappa shape index (κ3) is 3.33. The van der Waals surface area contributed by atoms with E-state index >= 15 is 0 Å². The molecule has 3 rings (SSSR count). The van der Waals surface area contributed by atoms with Gasteiger partial charge in [0.05, 0.1) is 24.6 Å². The van der Waals surface area contributed by atoms with Gasteiger partial charge < -0.3 is 19.2 Å². The van der Waals surface area contributed by atoms with Crippen molar-refractivity contribution in [2.24, 2.45) is 0 Å². The zero-order valence-electron chi connectivity index (χ0n) is 13.7. The molecule has 2 aromatic heterocycles. The van der Waals surface area contributed by atoms with Gasteiger partial charge in [-0.05, 0) is 25.3 Å². The average molecular weight is 348 g/mol. The number of nitrogens with one attached hydrogen (secondary N) is 1. The lowest BCUT2D eigenvalue weighted by atomic mass is 10.2. The van der Waals surface area contributed by atoms with E-state index in [2.05, 4.69) is 10.3 Å². The predicted octanol–water partition coefficient (Wildman–Crippen LogP) is 1.67. The van der Waals surface area contributed by atoms with Crippen molar-refractivity contribution < 1.29 is 14.0 Å². The molecule has 2 aromatic rings. The summed E-state index contributed by atoms with van der Waals surface area (Å²) < 4.78 is 7.15. The number of amides is 2. The molecule has 0 bridgehead atoms. The number of furan rings is 1. The fourth-order valence-corrected chi connectivity index (χ4v) is 3.23. The molecule has 1 aliphatic heterocycles. The van der Waals surface area contributed by atoms with Crippen molar-refractivity contribution in [1.29, 1.82) is 0 Å². The van der Waals surface area contributed by atoms with Crippen molar-refractivity contribution in [3.05, 3.63) is 41.9 Å². The maximum Gasteiger partial charge on any atom is 0.271 e. The molecule has 0 aromatic carbocycles. The summed E-state index contributed by atoms with van der Waals surface area (Å²) in [5, 5.41) is 2.79. The van der Waals surface area contributed by atoms with E-state index in [1.165, 1.54) is 11.8 Å². The Labute approximate surface area is 144 Å². The Morgan fingerprint density at radius 2 is 2.29 bits per heavy atom. The Morgan fingerprint density at radius 3 is 3.00 bits per heavy atom. The first kappa shape index (κ1) is 16.6. The quantitative estimate of drug-likeness (QED) is 0.889. The smallest absolute Gasteiger partial charge is 0.271 e. The lowest BCUT2D eigenvalue weighted by molar-refractivity contribution is -0.131. The number of rotatable bonds is 5. The summed E-state index contributed by atoms with van der Waals surface area (Å²) in [5.41, 5.74) is 0.363. The first-order valence-corrected chi connectivity index (χ1v) is 9.15. The lowest BCUT2D eigenvalue weighted by Crippen LogP contribution is -2.41. The molecular weight excluding hydrogens is 328 g/mol. The number of nitrogens with zero attached hydrogens (tertiary/aromatic N) is 3. The van der Waals surface area contributed by atoms with Crippen LogP contribution in [0.15, 0.2) is 29.0 Å². The molecule has 0 aliphatic carbocycles. The predicted molar refractivity (Wildman–Crippen MR) is 90.6 cm³/mol. The molecule has 7 nitrogen and oxygen atoms in total. The van der Waals surface area contributed by atoms with Gasteiger partial charge in [-0.15, -0.1) is 0 Å². The van der Waals surface area contributed by atoms with E-state index in [0.717, 1.165) is 5.82 Å². The van der Waals surface area contributed by atoms with Gasteiger partial charge in [-0.1, -0.05) is 0 Å². The van der Waals surface area contributed by atoms with Crippen LogP contribution in [0.25, 0.3) is 0 Å². The van der Waals surface area contributed by atoms with Crippen LogP contribution in [0.4, 0.5) is 0 Å². The van der Waals surface area contributed by atoms with Crippen LogP contribution in [-0.2, 0) is 17.9 Å². The Balaban J connectivity index is 1.69. The second kappa shape index (κ2) is 7.12. The van der Waals surface area contributed by atoms with Crippen LogP contribution in [0.5, 0.6) is 0 Å². The standard InChI is InChI=1S/C16H20N4O3S/c1-11-15-18-13(16(22)17-8-12-4-3-7-23-12)9-19(15)5-6-20(11)14(21)10-24-2/h3-4,7,9,11H,5-6,8,10H2,1-2H3,(H,17,22)/t11-/m0/s1. The highest BCUT2D eigenvalue weighted by molar-refractivity contribution is 7.99. The van der Waals surface area contributed by atoms with E-state index in [1.54, 1.807) is 24.6 Å². The molecule has 8 heteroatoms. The van der Waals surface area contributed by atoms with E-state index in [9.17, 15) is 9.59 Å². The van der Waals surface area contributed by atoms with Crippen LogP contribution in [-0.4, -0.2) is 44.8 Å². The first-order chi connectivity index (χ1) is 11.6. The van der Waals surface area contributed by atoms with Gasteiger partial charge in [0.25, 0.3) is 5.91 Å². The Morgan fingerprint density at radius 1 is 1.46 bits per heavy atom. The first-order valence-electron chi connectivity index (χ1n) is 7.76. The molecular formula is C16H20N4O3S. The van der Waals surface area contributed by atoms with Crippen LogP contribution in [0.2, 0.25) is 0 Å². The summed E-state index contributed by atoms with van der Waals surface area (Å²) in [7, 11) is 0. The van der Waals surface area contributed by atoms with Gasteiger partial charge in [0.15, 0.2) is 0 Å². The van der Waals surface area contributed by atoms with Gasteiger partial charge in [-0.25, -0.2) is 4.98 Å². The molecule has 128 valence electrons. The number of thioether (sulfide) groups is 1. The van der Waals surface area contributed by atoms with E-state index in [1.807, 2.05) is 22.6 Å². The summed E-state index contributed by atoms with van der Waals surface area (Å²) in [4.78, 5) is 30.7. The summed E-state index contributed by atoms with van der Waals surface area (Å²) >= 11 is 1.51. The molecule has 1 atom stereocenters. The monoisotopic (exact) mass is 348 g/mol. The maximum absolute atomic E-state index is 12.3. The van der Waals surface area contributed by atoms with E-state index in [-0.39, 0.29) is 17.9 Å². The van der Waals surface area contributed by atoms with Crippen LogP contribution in [0.1, 0.15) is 35.0 Å². The maximum atomic E-state index is 12.3. The number of imidazole rings is 1. The third-order valence-electron chi connectivity index (χ3n) is 4.05. The van der Waals surface area contributed by atoms with Crippen LogP contribution in [0.3, 0.4) is 0 Å². The summed E-state index contributed by atoms with van der Waals surface area (Å²) in [6.45, 7) is 3.55. The van der Waals surface area contributed by atoms with Crippen LogP contribution >= 0.6 is 11.8 Å². The zero-order chi connectivity index (χ0) is 17.1. The van der Waals surface area contributed by atoms with Gasteiger partial charge in [-0.3, -0.25) is 9.59 Å². The van der Waals surface area contributed by atoms with Gasteiger partial charge in [0, 0.05) is 19.3 Å². The highest BCUT2D eigenvalue weighted by Crippen LogP contribution is 2.25. The molecule has 3 heterocycles. The average Bonchev–Trinajstić information content (AvgIpc) is 3.23. The topological polar surface area (TPSA) is 80.4 Å². The highest BCUT2D eigenvalue weighted by Gasteiger charge is 2.30. The largest absolute Gasteiger partial charge is 0.467 e. The summed E-state index contributed by atoms with van der Waals surface area (Å²) in [6.07, 6.45) is 5.23. The van der Waals surface area contributed by atoms with Crippen molar-refractivity contribution in [2.45, 2.75) is 26.1 Å². The Bertz CT molecular complexity index is 726. The molecule has 0 radical (unpaired) electrons.